The molecule has 35 heavy (non-hydrogen) atoms. The Morgan fingerprint density at radius 3 is 2.54 bits per heavy atom. The van der Waals surface area contributed by atoms with Crippen molar-refractivity contribution in [2.24, 2.45) is 5.41 Å². The van der Waals surface area contributed by atoms with Gasteiger partial charge < -0.3 is 24.7 Å². The fraction of sp³-hybridized carbons (Fsp3) is 0.500. The molecule has 0 spiro atoms. The number of pyridine rings is 1. The Morgan fingerprint density at radius 2 is 2.00 bits per heavy atom. The lowest BCUT2D eigenvalue weighted by Crippen LogP contribution is -2.40. The van der Waals surface area contributed by atoms with E-state index in [4.69, 9.17) is 16.3 Å². The molecule has 2 saturated heterocycles. The van der Waals surface area contributed by atoms with Crippen molar-refractivity contribution >= 4 is 41.4 Å². The zero-order chi connectivity index (χ0) is 25.6. The number of rotatable bonds is 6. The van der Waals surface area contributed by atoms with Crippen molar-refractivity contribution < 1.29 is 28.1 Å². The number of ether oxygens (including phenoxy) is 1. The third-order valence-corrected chi connectivity index (χ3v) is 7.15. The summed E-state index contributed by atoms with van der Waals surface area (Å²) in [5, 5.41) is 12.8. The van der Waals surface area contributed by atoms with Crippen LogP contribution in [0.4, 0.5) is 20.3 Å². The maximum absolute atomic E-state index is 13.0. The number of hydrogen-bond donors (Lipinski definition) is 2. The van der Waals surface area contributed by atoms with E-state index in [0.29, 0.717) is 36.6 Å². The van der Waals surface area contributed by atoms with E-state index in [1.54, 1.807) is 6.07 Å². The molecule has 2 aliphatic heterocycles. The smallest absolute Gasteiger partial charge is 0.425 e. The number of anilines is 2. The second kappa shape index (κ2) is 9.22. The number of aromatic nitrogens is 1. The van der Waals surface area contributed by atoms with E-state index in [-0.39, 0.29) is 23.7 Å². The van der Waals surface area contributed by atoms with Gasteiger partial charge in [0.15, 0.2) is 0 Å². The fourth-order valence-electron chi connectivity index (χ4n) is 4.42. The molecule has 2 aliphatic rings. The lowest BCUT2D eigenvalue weighted by Gasteiger charge is -2.34. The quantitative estimate of drug-likeness (QED) is 0.452. The van der Waals surface area contributed by atoms with Gasteiger partial charge in [0.1, 0.15) is 11.6 Å². The third kappa shape index (κ3) is 5.71. The molecule has 3 heterocycles. The highest BCUT2D eigenvalue weighted by molar-refractivity contribution is 6.69. The number of benzene rings is 1. The Balaban J connectivity index is 1.59. The highest BCUT2D eigenvalue weighted by atomic mass is 35.5. The average molecular weight is 508 g/mol. The number of nitrogens with one attached hydrogen (secondary N) is 1. The first-order chi connectivity index (χ1) is 16.2. The van der Waals surface area contributed by atoms with E-state index in [1.165, 1.54) is 30.5 Å². The van der Waals surface area contributed by atoms with E-state index in [2.05, 4.69) is 42.7 Å². The van der Waals surface area contributed by atoms with E-state index < -0.39 is 17.6 Å². The molecule has 7 nitrogen and oxygen atoms in total. The first kappa shape index (κ1) is 25.7. The average Bonchev–Trinajstić information content (AvgIpc) is 3.27. The van der Waals surface area contributed by atoms with Gasteiger partial charge in [-0.3, -0.25) is 4.79 Å². The number of hydrogen-bond acceptors (Lipinski definition) is 6. The van der Waals surface area contributed by atoms with Crippen molar-refractivity contribution in [3.05, 3.63) is 42.1 Å². The number of halogens is 3. The molecule has 1 aromatic heterocycles. The first-order valence-electron chi connectivity index (χ1n) is 11.5. The molecule has 188 valence electrons. The molecule has 2 aromatic rings. The van der Waals surface area contributed by atoms with Crippen molar-refractivity contribution in [1.82, 2.24) is 4.98 Å². The molecule has 0 saturated carbocycles. The number of β-amino-alcohol motifs (C(OH)–C–C–N with tert-alkyl or cyclic N) is 1. The predicted octanol–water partition coefficient (Wildman–Crippen LogP) is 4.11. The highest BCUT2D eigenvalue weighted by Gasteiger charge is 2.51. The van der Waals surface area contributed by atoms with Crippen LogP contribution in [0.1, 0.15) is 44.5 Å². The fourth-order valence-corrected chi connectivity index (χ4v) is 4.51. The van der Waals surface area contributed by atoms with Crippen molar-refractivity contribution in [1.29, 1.82) is 0 Å². The summed E-state index contributed by atoms with van der Waals surface area (Å²) >= 11 is 4.78. The van der Waals surface area contributed by atoms with E-state index in [1.807, 2.05) is 4.90 Å². The molecule has 11 heteroatoms. The molecule has 0 bridgehead atoms. The van der Waals surface area contributed by atoms with Crippen LogP contribution in [0, 0.1) is 5.41 Å². The summed E-state index contributed by atoms with van der Waals surface area (Å²) in [7, 11) is 0. The van der Waals surface area contributed by atoms with E-state index >= 15 is 0 Å². The topological polar surface area (TPSA) is 83.9 Å². The number of aliphatic hydroxyl groups excluding tert-OH is 1. The van der Waals surface area contributed by atoms with Crippen LogP contribution < -0.4 is 20.4 Å². The first-order valence-corrected chi connectivity index (χ1v) is 11.9. The molecular formula is C24H29BClF2N3O4. The van der Waals surface area contributed by atoms with Crippen molar-refractivity contribution in [2.45, 2.75) is 57.7 Å². The van der Waals surface area contributed by atoms with E-state index in [9.17, 15) is 18.7 Å². The van der Waals surface area contributed by atoms with Gasteiger partial charge in [-0.05, 0) is 67.8 Å². The Bertz CT molecular complexity index is 1080. The third-order valence-electron chi connectivity index (χ3n) is 7.08. The van der Waals surface area contributed by atoms with Gasteiger partial charge in [-0.2, -0.15) is 0 Å². The van der Waals surface area contributed by atoms with Gasteiger partial charge in [0.05, 0.1) is 17.3 Å². The van der Waals surface area contributed by atoms with Gasteiger partial charge in [0.25, 0.3) is 5.91 Å². The van der Waals surface area contributed by atoms with Crippen LogP contribution in [0.2, 0.25) is 6.32 Å². The number of carbonyl (C=O) groups is 1. The van der Waals surface area contributed by atoms with Gasteiger partial charge in [0, 0.05) is 36.6 Å². The lowest BCUT2D eigenvalue weighted by molar-refractivity contribution is -0.0964. The lowest BCUT2D eigenvalue weighted by atomic mass is 9.54. The van der Waals surface area contributed by atoms with Gasteiger partial charge in [-0.1, -0.05) is 13.8 Å². The molecule has 0 aliphatic carbocycles. The SMILES string of the molecule is CC1(C)CB(c2cc(C(=O)Nc3ccc(OC(F)(F)Cl)cc3)cnc2N2CC[C@@H](O)C2)OC1(C)C. The van der Waals surface area contributed by atoms with E-state index in [0.717, 1.165) is 11.8 Å². The molecule has 0 radical (unpaired) electrons. The van der Waals surface area contributed by atoms with Gasteiger partial charge in [-0.25, -0.2) is 4.98 Å². The largest absolute Gasteiger partial charge is 0.487 e. The summed E-state index contributed by atoms with van der Waals surface area (Å²) in [4.78, 5) is 19.6. The van der Waals surface area contributed by atoms with Gasteiger partial charge >= 0.3 is 12.5 Å². The molecule has 2 fully saturated rings. The maximum Gasteiger partial charge on any atom is 0.487 e. The summed E-state index contributed by atoms with van der Waals surface area (Å²) in [6, 6.07) is 7.24. The van der Waals surface area contributed by atoms with Crippen molar-refractivity contribution in [2.75, 3.05) is 23.3 Å². The second-order valence-electron chi connectivity index (χ2n) is 10.3. The van der Waals surface area contributed by atoms with Crippen LogP contribution >= 0.6 is 11.6 Å². The zero-order valence-electron chi connectivity index (χ0n) is 20.1. The molecule has 0 unspecified atom stereocenters. The van der Waals surface area contributed by atoms with Crippen LogP contribution in [0.15, 0.2) is 36.5 Å². The summed E-state index contributed by atoms with van der Waals surface area (Å²) < 4.78 is 36.3. The minimum absolute atomic E-state index is 0.0959. The minimum Gasteiger partial charge on any atom is -0.425 e. The maximum atomic E-state index is 13.0. The Hall–Kier alpha value is -2.43. The number of nitrogens with zero attached hydrogens (tertiary/aromatic N) is 2. The van der Waals surface area contributed by atoms with Gasteiger partial charge in [0.2, 0.25) is 0 Å². The zero-order valence-corrected chi connectivity index (χ0v) is 20.9. The number of amides is 1. The molecule has 1 amide bonds. The van der Waals surface area contributed by atoms with Crippen LogP contribution in [-0.4, -0.2) is 53.3 Å². The Kier molecular flexibility index (Phi) is 6.76. The summed E-state index contributed by atoms with van der Waals surface area (Å²) in [5.41, 5.74) is -2.75. The standard InChI is InChI=1S/C24H29BClF2N3O4/c1-22(2)14-25(35-23(22,3)4)19-11-15(12-29-20(19)31-10-9-17(32)13-31)21(33)30-16-5-7-18(8-6-16)34-24(26,27)28/h5-8,11-12,17,32H,9-10,13-14H2,1-4H3,(H,30,33)/t17-/m1/s1. The number of aliphatic hydroxyl groups is 1. The second-order valence-corrected chi connectivity index (χ2v) is 10.7. The normalized spacial score (nSPS) is 21.3. The molecule has 1 aromatic carbocycles. The molecule has 4 rings (SSSR count). The molecule has 1 atom stereocenters. The van der Waals surface area contributed by atoms with Crippen molar-refractivity contribution in [3.63, 3.8) is 0 Å². The predicted molar refractivity (Wildman–Crippen MR) is 132 cm³/mol. The molecule has 2 N–H and O–H groups in total. The Labute approximate surface area is 208 Å². The molecular weight excluding hydrogens is 479 g/mol. The summed E-state index contributed by atoms with van der Waals surface area (Å²) in [6.45, 7) is 9.31. The minimum atomic E-state index is -3.81. The summed E-state index contributed by atoms with van der Waals surface area (Å²) in [6.07, 6.45) is 2.48. The van der Waals surface area contributed by atoms with Crippen molar-refractivity contribution in [3.8, 4) is 5.75 Å². The highest BCUT2D eigenvalue weighted by Crippen LogP contribution is 2.45. The number of carbonyl (C=O) groups excluding carboxylic acids is 1. The monoisotopic (exact) mass is 507 g/mol. The Morgan fingerprint density at radius 1 is 1.31 bits per heavy atom. The number of alkyl halides is 3. The van der Waals surface area contributed by atoms with Crippen LogP contribution in [0.5, 0.6) is 5.75 Å². The summed E-state index contributed by atoms with van der Waals surface area (Å²) in [5.74, 6) is 0.174. The van der Waals surface area contributed by atoms with Gasteiger partial charge in [-0.15, -0.1) is 8.78 Å². The van der Waals surface area contributed by atoms with Crippen LogP contribution in [0.25, 0.3) is 0 Å². The van der Waals surface area contributed by atoms with Crippen LogP contribution in [0.3, 0.4) is 0 Å². The van der Waals surface area contributed by atoms with Crippen LogP contribution in [-0.2, 0) is 4.65 Å².